The van der Waals surface area contributed by atoms with Crippen molar-refractivity contribution in [2.75, 3.05) is 6.61 Å². The summed E-state index contributed by atoms with van der Waals surface area (Å²) < 4.78 is 6.15. The fourth-order valence-corrected chi connectivity index (χ4v) is 6.27. The molecule has 0 bridgehead atoms. The Morgan fingerprint density at radius 1 is 1.14 bits per heavy atom. The van der Waals surface area contributed by atoms with Gasteiger partial charge in [-0.2, -0.15) is 0 Å². The predicted molar refractivity (Wildman–Crippen MR) is 85.3 cm³/mol. The van der Waals surface area contributed by atoms with Crippen LogP contribution in [0.3, 0.4) is 0 Å². The highest BCUT2D eigenvalue weighted by atomic mass is 16.5. The van der Waals surface area contributed by atoms with Crippen molar-refractivity contribution >= 4 is 0 Å². The minimum absolute atomic E-state index is 0.0973. The third kappa shape index (κ3) is 1.79. The van der Waals surface area contributed by atoms with Crippen molar-refractivity contribution in [1.82, 2.24) is 0 Å². The van der Waals surface area contributed by atoms with Crippen LogP contribution in [0.15, 0.2) is 11.6 Å². The first-order valence-electron chi connectivity index (χ1n) is 9.01. The summed E-state index contributed by atoms with van der Waals surface area (Å²) in [5, 5.41) is 21.2. The third-order valence-electron chi connectivity index (χ3n) is 7.82. The third-order valence-corrected chi connectivity index (χ3v) is 7.82. The molecule has 2 saturated carbocycles. The molecule has 0 unspecified atom stereocenters. The van der Waals surface area contributed by atoms with Crippen LogP contribution < -0.4 is 0 Å². The molecular formula is C19H30O3. The van der Waals surface area contributed by atoms with E-state index >= 15 is 0 Å². The zero-order valence-electron chi connectivity index (χ0n) is 14.1. The van der Waals surface area contributed by atoms with E-state index in [0.717, 1.165) is 19.4 Å². The van der Waals surface area contributed by atoms with Crippen LogP contribution in [0, 0.1) is 22.7 Å². The molecule has 124 valence electrons. The SMILES string of the molecule is C[C@@]12CCO[C@@H]1C1=CC[C@H]3[C@@](C)(O)[C@@H](O)CC[C@]3(C)[C@H]1CC2. The molecule has 1 aliphatic heterocycles. The molecule has 0 spiro atoms. The van der Waals surface area contributed by atoms with Gasteiger partial charge in [0, 0.05) is 6.61 Å². The summed E-state index contributed by atoms with van der Waals surface area (Å²) in [4.78, 5) is 0. The van der Waals surface area contributed by atoms with E-state index < -0.39 is 11.7 Å². The Morgan fingerprint density at radius 2 is 1.91 bits per heavy atom. The van der Waals surface area contributed by atoms with Gasteiger partial charge in [-0.1, -0.05) is 19.9 Å². The molecular weight excluding hydrogens is 276 g/mol. The van der Waals surface area contributed by atoms with Crippen molar-refractivity contribution in [3.63, 3.8) is 0 Å². The highest BCUT2D eigenvalue weighted by Crippen LogP contribution is 2.63. The number of rotatable bonds is 0. The van der Waals surface area contributed by atoms with E-state index in [1.807, 2.05) is 6.92 Å². The smallest absolute Gasteiger partial charge is 0.0913 e. The topological polar surface area (TPSA) is 49.7 Å². The van der Waals surface area contributed by atoms with Crippen LogP contribution in [0.5, 0.6) is 0 Å². The van der Waals surface area contributed by atoms with Crippen LogP contribution in [0.2, 0.25) is 0 Å². The molecule has 2 N–H and O–H groups in total. The van der Waals surface area contributed by atoms with Crippen molar-refractivity contribution < 1.29 is 14.9 Å². The molecule has 3 fully saturated rings. The van der Waals surface area contributed by atoms with E-state index in [-0.39, 0.29) is 11.3 Å². The molecule has 0 aromatic heterocycles. The summed E-state index contributed by atoms with van der Waals surface area (Å²) in [5.74, 6) is 0.671. The number of aliphatic hydroxyl groups is 2. The summed E-state index contributed by atoms with van der Waals surface area (Å²) in [7, 11) is 0. The van der Waals surface area contributed by atoms with E-state index in [9.17, 15) is 10.2 Å². The largest absolute Gasteiger partial charge is 0.390 e. The Bertz CT molecular complexity index is 511. The van der Waals surface area contributed by atoms with Gasteiger partial charge in [-0.05, 0) is 73.7 Å². The minimum atomic E-state index is -0.966. The van der Waals surface area contributed by atoms with E-state index in [1.165, 1.54) is 24.8 Å². The van der Waals surface area contributed by atoms with Crippen molar-refractivity contribution in [3.8, 4) is 0 Å². The first-order chi connectivity index (χ1) is 10.3. The Labute approximate surface area is 133 Å². The van der Waals surface area contributed by atoms with Crippen LogP contribution in [-0.2, 0) is 4.74 Å². The molecule has 3 nitrogen and oxygen atoms in total. The maximum Gasteiger partial charge on any atom is 0.0913 e. The van der Waals surface area contributed by atoms with Gasteiger partial charge in [-0.25, -0.2) is 0 Å². The minimum Gasteiger partial charge on any atom is -0.390 e. The summed E-state index contributed by atoms with van der Waals surface area (Å²) >= 11 is 0. The second-order valence-electron chi connectivity index (χ2n) is 9.02. The van der Waals surface area contributed by atoms with E-state index in [0.29, 0.717) is 23.9 Å². The molecule has 4 rings (SSSR count). The number of hydrogen-bond acceptors (Lipinski definition) is 3. The van der Waals surface area contributed by atoms with Crippen molar-refractivity contribution in [3.05, 3.63) is 11.6 Å². The molecule has 0 aromatic rings. The molecule has 0 amide bonds. The molecule has 0 radical (unpaired) electrons. The lowest BCUT2D eigenvalue weighted by molar-refractivity contribution is -0.184. The number of allylic oxidation sites excluding steroid dienone is 1. The van der Waals surface area contributed by atoms with Gasteiger partial charge in [0.2, 0.25) is 0 Å². The lowest BCUT2D eigenvalue weighted by atomic mass is 9.47. The molecule has 7 atom stereocenters. The first kappa shape index (κ1) is 15.2. The maximum absolute atomic E-state index is 10.9. The second kappa shape index (κ2) is 4.58. The average molecular weight is 306 g/mol. The second-order valence-corrected chi connectivity index (χ2v) is 9.02. The van der Waals surface area contributed by atoms with Crippen LogP contribution in [0.25, 0.3) is 0 Å². The highest BCUT2D eigenvalue weighted by molar-refractivity contribution is 5.29. The number of aliphatic hydroxyl groups excluding tert-OH is 1. The Kier molecular flexibility index (Phi) is 3.16. The van der Waals surface area contributed by atoms with E-state index in [1.54, 1.807) is 0 Å². The fraction of sp³-hybridized carbons (Fsp3) is 0.895. The zero-order chi connectivity index (χ0) is 15.8. The van der Waals surface area contributed by atoms with Crippen LogP contribution in [0.4, 0.5) is 0 Å². The molecule has 22 heavy (non-hydrogen) atoms. The summed E-state index contributed by atoms with van der Waals surface area (Å²) in [5.41, 5.74) is 0.964. The summed E-state index contributed by atoms with van der Waals surface area (Å²) in [6, 6.07) is 0. The monoisotopic (exact) mass is 306 g/mol. The Morgan fingerprint density at radius 3 is 2.68 bits per heavy atom. The van der Waals surface area contributed by atoms with E-state index in [4.69, 9.17) is 4.74 Å². The van der Waals surface area contributed by atoms with Crippen molar-refractivity contribution in [2.24, 2.45) is 22.7 Å². The van der Waals surface area contributed by atoms with Crippen LogP contribution in [0.1, 0.15) is 59.3 Å². The zero-order valence-corrected chi connectivity index (χ0v) is 14.1. The van der Waals surface area contributed by atoms with Gasteiger partial charge in [-0.15, -0.1) is 0 Å². The average Bonchev–Trinajstić information content (AvgIpc) is 2.85. The summed E-state index contributed by atoms with van der Waals surface area (Å²) in [6.45, 7) is 7.48. The van der Waals surface area contributed by atoms with Crippen molar-refractivity contribution in [2.45, 2.75) is 77.1 Å². The standard InChI is InChI=1S/C19H30O3/c1-17-8-6-13-12(16(17)22-11-10-17)4-5-14-18(13,2)9-7-15(20)19(14,3)21/h4,13-16,20-21H,5-11H2,1-3H3/t13-,14+,15-,16+,17+,18+,19+/m0/s1. The first-order valence-corrected chi connectivity index (χ1v) is 9.01. The molecule has 3 heteroatoms. The Hall–Kier alpha value is -0.380. The van der Waals surface area contributed by atoms with Crippen molar-refractivity contribution in [1.29, 1.82) is 0 Å². The number of ether oxygens (including phenoxy) is 1. The molecule has 3 aliphatic carbocycles. The van der Waals surface area contributed by atoms with Gasteiger partial charge in [-0.3, -0.25) is 0 Å². The van der Waals surface area contributed by atoms with Gasteiger partial charge >= 0.3 is 0 Å². The number of fused-ring (bicyclic) bond motifs is 5. The fourth-order valence-electron chi connectivity index (χ4n) is 6.27. The van der Waals surface area contributed by atoms with E-state index in [2.05, 4.69) is 19.9 Å². The lowest BCUT2D eigenvalue weighted by Crippen LogP contribution is -2.61. The van der Waals surface area contributed by atoms with Crippen LogP contribution >= 0.6 is 0 Å². The van der Waals surface area contributed by atoms with Crippen LogP contribution in [-0.4, -0.2) is 34.6 Å². The van der Waals surface area contributed by atoms with Gasteiger partial charge in [0.05, 0.1) is 17.8 Å². The predicted octanol–water partition coefficient (Wildman–Crippen LogP) is 3.05. The molecule has 0 aromatic carbocycles. The Balaban J connectivity index is 1.74. The summed E-state index contributed by atoms with van der Waals surface area (Å²) in [6.07, 6.45) is 8.29. The molecule has 4 aliphatic rings. The molecule has 1 saturated heterocycles. The normalized spacial score (nSPS) is 57.6. The number of hydrogen-bond donors (Lipinski definition) is 2. The van der Waals surface area contributed by atoms with Gasteiger partial charge < -0.3 is 14.9 Å². The highest BCUT2D eigenvalue weighted by Gasteiger charge is 2.60. The lowest BCUT2D eigenvalue weighted by Gasteiger charge is -2.60. The molecule has 1 heterocycles. The quantitative estimate of drug-likeness (QED) is 0.676. The van der Waals surface area contributed by atoms with Gasteiger partial charge in [0.15, 0.2) is 0 Å². The van der Waals surface area contributed by atoms with Gasteiger partial charge in [0.25, 0.3) is 0 Å². The van der Waals surface area contributed by atoms with Gasteiger partial charge in [0.1, 0.15) is 0 Å². The maximum atomic E-state index is 10.9.